The van der Waals surface area contributed by atoms with Gasteiger partial charge in [0.2, 0.25) is 5.95 Å². The molecule has 0 aliphatic heterocycles. The number of nitrogens with one attached hydrogen (secondary N) is 1. The Kier molecular flexibility index (Phi) is 5.25. The average Bonchev–Trinajstić information content (AvgIpc) is 2.46. The lowest BCUT2D eigenvalue weighted by molar-refractivity contribution is 0.102. The van der Waals surface area contributed by atoms with Gasteiger partial charge in [-0.05, 0) is 31.0 Å². The molecule has 21 heavy (non-hydrogen) atoms. The second-order valence-electron chi connectivity index (χ2n) is 4.35. The number of hydrogen-bond acceptors (Lipinski definition) is 4. The number of aromatic nitrogens is 3. The molecule has 1 aromatic carbocycles. The van der Waals surface area contributed by atoms with E-state index in [9.17, 15) is 4.79 Å². The first-order valence-corrected chi connectivity index (χ1v) is 7.70. The summed E-state index contributed by atoms with van der Waals surface area (Å²) in [7, 11) is 0. The van der Waals surface area contributed by atoms with Gasteiger partial charge in [-0.3, -0.25) is 10.1 Å². The average molecular weight is 370 g/mol. The van der Waals surface area contributed by atoms with Crippen molar-refractivity contribution in [1.82, 2.24) is 15.2 Å². The molecule has 1 amide bonds. The highest BCUT2D eigenvalue weighted by atomic mass is 79.9. The summed E-state index contributed by atoms with van der Waals surface area (Å²) in [5.41, 5.74) is 2.12. The van der Waals surface area contributed by atoms with Crippen molar-refractivity contribution in [1.29, 1.82) is 0 Å². The largest absolute Gasteiger partial charge is 0.289 e. The number of nitrogens with zero attached hydrogens (tertiary/aromatic N) is 3. The monoisotopic (exact) mass is 368 g/mol. The highest BCUT2D eigenvalue weighted by Crippen LogP contribution is 2.20. The third-order valence-electron chi connectivity index (χ3n) is 2.86. The van der Waals surface area contributed by atoms with Crippen LogP contribution in [0.25, 0.3) is 0 Å². The number of aryl methyl sites for hydroxylation is 2. The number of halogens is 2. The molecule has 0 aliphatic carbocycles. The minimum atomic E-state index is -0.327. The lowest BCUT2D eigenvalue weighted by Gasteiger charge is -2.07. The maximum atomic E-state index is 12.2. The minimum absolute atomic E-state index is 0.199. The zero-order chi connectivity index (χ0) is 15.4. The number of rotatable bonds is 4. The van der Waals surface area contributed by atoms with Gasteiger partial charge in [0.25, 0.3) is 5.91 Å². The molecule has 0 spiro atoms. The number of benzene rings is 1. The van der Waals surface area contributed by atoms with Crippen LogP contribution in [0.4, 0.5) is 5.95 Å². The SMILES string of the molecule is CCc1nnc(NC(=O)c2cc(Cl)cc(Br)c2)nc1CC. The van der Waals surface area contributed by atoms with Gasteiger partial charge in [-0.1, -0.05) is 41.4 Å². The van der Waals surface area contributed by atoms with Crippen molar-refractivity contribution >= 4 is 39.4 Å². The van der Waals surface area contributed by atoms with Crippen LogP contribution in [0, 0.1) is 0 Å². The summed E-state index contributed by atoms with van der Waals surface area (Å²) in [4.78, 5) is 16.5. The van der Waals surface area contributed by atoms with Crippen LogP contribution < -0.4 is 5.32 Å². The first-order valence-electron chi connectivity index (χ1n) is 6.53. The molecule has 2 aromatic rings. The normalized spacial score (nSPS) is 10.5. The highest BCUT2D eigenvalue weighted by Gasteiger charge is 2.12. The maximum Gasteiger partial charge on any atom is 0.258 e. The van der Waals surface area contributed by atoms with Gasteiger partial charge in [0.1, 0.15) is 0 Å². The van der Waals surface area contributed by atoms with E-state index in [1.54, 1.807) is 18.2 Å². The molecule has 1 heterocycles. The van der Waals surface area contributed by atoms with Crippen LogP contribution in [0.1, 0.15) is 35.6 Å². The van der Waals surface area contributed by atoms with Crippen LogP contribution in [-0.4, -0.2) is 21.1 Å². The predicted octanol–water partition coefficient (Wildman–Crippen LogP) is 3.66. The second kappa shape index (κ2) is 6.95. The zero-order valence-electron chi connectivity index (χ0n) is 11.7. The molecule has 7 heteroatoms. The first-order chi connectivity index (χ1) is 10.0. The van der Waals surface area contributed by atoms with E-state index >= 15 is 0 Å². The Labute approximate surface area is 136 Å². The highest BCUT2D eigenvalue weighted by molar-refractivity contribution is 9.10. The van der Waals surface area contributed by atoms with Gasteiger partial charge in [0.05, 0.1) is 11.4 Å². The maximum absolute atomic E-state index is 12.2. The lowest BCUT2D eigenvalue weighted by Crippen LogP contribution is -2.16. The molecule has 0 saturated carbocycles. The molecule has 5 nitrogen and oxygen atoms in total. The van der Waals surface area contributed by atoms with Crippen LogP contribution in [0.2, 0.25) is 5.02 Å². The smallest absolute Gasteiger partial charge is 0.258 e. The van der Waals surface area contributed by atoms with Crippen LogP contribution in [0.15, 0.2) is 22.7 Å². The van der Waals surface area contributed by atoms with E-state index in [-0.39, 0.29) is 11.9 Å². The molecule has 0 saturated heterocycles. The van der Waals surface area contributed by atoms with E-state index < -0.39 is 0 Å². The second-order valence-corrected chi connectivity index (χ2v) is 5.70. The summed E-state index contributed by atoms with van der Waals surface area (Å²) < 4.78 is 0.731. The van der Waals surface area contributed by atoms with Crippen molar-refractivity contribution in [3.63, 3.8) is 0 Å². The summed E-state index contributed by atoms with van der Waals surface area (Å²) in [6.45, 7) is 3.98. The Bertz CT molecular complexity index is 658. The summed E-state index contributed by atoms with van der Waals surface area (Å²) in [5.74, 6) is -0.128. The van der Waals surface area contributed by atoms with Crippen molar-refractivity contribution in [2.24, 2.45) is 0 Å². The molecule has 0 aliphatic rings. The molecule has 0 atom stereocenters. The standard InChI is InChI=1S/C14H14BrClN4O/c1-3-11-12(4-2)19-20-14(17-11)18-13(21)8-5-9(15)7-10(16)6-8/h5-7H,3-4H2,1-2H3,(H,17,18,20,21). The first kappa shape index (κ1) is 15.9. The number of carbonyl (C=O) groups is 1. The van der Waals surface area contributed by atoms with Crippen molar-refractivity contribution < 1.29 is 4.79 Å². The van der Waals surface area contributed by atoms with Crippen LogP contribution in [0.3, 0.4) is 0 Å². The molecule has 1 aromatic heterocycles. The molecular weight excluding hydrogens is 356 g/mol. The van der Waals surface area contributed by atoms with E-state index in [4.69, 9.17) is 11.6 Å². The summed E-state index contributed by atoms with van der Waals surface area (Å²) in [6.07, 6.45) is 1.50. The third-order valence-corrected chi connectivity index (χ3v) is 3.54. The fourth-order valence-electron chi connectivity index (χ4n) is 1.85. The number of anilines is 1. The topological polar surface area (TPSA) is 67.8 Å². The summed E-state index contributed by atoms with van der Waals surface area (Å²) in [5, 5.41) is 11.1. The van der Waals surface area contributed by atoms with Gasteiger partial charge >= 0.3 is 0 Å². The Hall–Kier alpha value is -1.53. The molecule has 110 valence electrons. The number of hydrogen-bond donors (Lipinski definition) is 1. The van der Waals surface area contributed by atoms with Gasteiger partial charge in [-0.25, -0.2) is 4.98 Å². The van der Waals surface area contributed by atoms with E-state index in [2.05, 4.69) is 36.4 Å². The zero-order valence-corrected chi connectivity index (χ0v) is 14.0. The fraction of sp³-hybridized carbons (Fsp3) is 0.286. The van der Waals surface area contributed by atoms with Gasteiger partial charge in [0.15, 0.2) is 0 Å². The van der Waals surface area contributed by atoms with Crippen LogP contribution in [-0.2, 0) is 12.8 Å². The molecule has 0 unspecified atom stereocenters. The molecule has 2 rings (SSSR count). The van der Waals surface area contributed by atoms with E-state index in [1.807, 2.05) is 13.8 Å². The van der Waals surface area contributed by atoms with Gasteiger partial charge in [0, 0.05) is 15.1 Å². The molecule has 1 N–H and O–H groups in total. The lowest BCUT2D eigenvalue weighted by atomic mass is 10.2. The molecular formula is C14H14BrClN4O. The molecule has 0 bridgehead atoms. The fourth-order valence-corrected chi connectivity index (χ4v) is 2.71. The van der Waals surface area contributed by atoms with E-state index in [0.29, 0.717) is 10.6 Å². The van der Waals surface area contributed by atoms with Gasteiger partial charge in [-0.15, -0.1) is 10.2 Å². The van der Waals surface area contributed by atoms with Crippen molar-refractivity contribution in [3.05, 3.63) is 44.6 Å². The molecule has 0 fully saturated rings. The van der Waals surface area contributed by atoms with E-state index in [1.165, 1.54) is 0 Å². The molecule has 0 radical (unpaired) electrons. The Morgan fingerprint density at radius 2 is 1.90 bits per heavy atom. The Morgan fingerprint density at radius 1 is 1.19 bits per heavy atom. The quantitative estimate of drug-likeness (QED) is 0.893. The van der Waals surface area contributed by atoms with E-state index in [0.717, 1.165) is 28.7 Å². The predicted molar refractivity (Wildman–Crippen MR) is 85.7 cm³/mol. The van der Waals surface area contributed by atoms with Crippen molar-refractivity contribution in [2.75, 3.05) is 5.32 Å². The summed E-state index contributed by atoms with van der Waals surface area (Å²) in [6, 6.07) is 4.97. The Morgan fingerprint density at radius 3 is 2.52 bits per heavy atom. The Balaban J connectivity index is 2.23. The minimum Gasteiger partial charge on any atom is -0.289 e. The van der Waals surface area contributed by atoms with Crippen molar-refractivity contribution in [3.8, 4) is 0 Å². The third kappa shape index (κ3) is 3.98. The number of amides is 1. The summed E-state index contributed by atoms with van der Waals surface area (Å²) >= 11 is 9.23. The number of carbonyl (C=O) groups excluding carboxylic acids is 1. The van der Waals surface area contributed by atoms with Crippen LogP contribution in [0.5, 0.6) is 0 Å². The van der Waals surface area contributed by atoms with Crippen molar-refractivity contribution in [2.45, 2.75) is 26.7 Å². The van der Waals surface area contributed by atoms with Gasteiger partial charge < -0.3 is 0 Å². The van der Waals surface area contributed by atoms with Crippen LogP contribution >= 0.6 is 27.5 Å². The van der Waals surface area contributed by atoms with Gasteiger partial charge in [-0.2, -0.15) is 0 Å².